The third-order valence-electron chi connectivity index (χ3n) is 4.53. The number of hydrogen-bond acceptors (Lipinski definition) is 7. The predicted molar refractivity (Wildman–Crippen MR) is 116 cm³/mol. The van der Waals surface area contributed by atoms with Gasteiger partial charge in [0.25, 0.3) is 0 Å². The summed E-state index contributed by atoms with van der Waals surface area (Å²) in [6, 6.07) is 10.7. The molecule has 1 fully saturated rings. The Bertz CT molecular complexity index is 1060. The van der Waals surface area contributed by atoms with Crippen LogP contribution in [-0.2, 0) is 20.0 Å². The van der Waals surface area contributed by atoms with Crippen LogP contribution in [0.4, 0.5) is 5.13 Å². The lowest BCUT2D eigenvalue weighted by Gasteiger charge is -2.28. The Morgan fingerprint density at radius 1 is 1.34 bits per heavy atom. The zero-order valence-corrected chi connectivity index (χ0v) is 18.6. The van der Waals surface area contributed by atoms with Gasteiger partial charge in [0.1, 0.15) is 5.69 Å². The largest absolute Gasteiger partial charge is 0.446 e. The minimum atomic E-state index is -3.60. The van der Waals surface area contributed by atoms with Gasteiger partial charge in [-0.2, -0.15) is 0 Å². The van der Waals surface area contributed by atoms with Gasteiger partial charge in [-0.3, -0.25) is 9.09 Å². The summed E-state index contributed by atoms with van der Waals surface area (Å²) in [5, 5.41) is 1.08. The van der Waals surface area contributed by atoms with E-state index in [4.69, 9.17) is 30.8 Å². The second kappa shape index (κ2) is 8.25. The van der Waals surface area contributed by atoms with Crippen LogP contribution in [0.5, 0.6) is 0 Å². The van der Waals surface area contributed by atoms with E-state index in [0.717, 1.165) is 16.9 Å². The molecular formula is C20H22ClN2O4PS. The smallest absolute Gasteiger partial charge is 0.396 e. The molecule has 6 nitrogen and oxygen atoms in total. The fraction of sp³-hybridized carbons (Fsp3) is 0.350. The van der Waals surface area contributed by atoms with E-state index in [9.17, 15) is 4.57 Å². The Morgan fingerprint density at radius 3 is 2.93 bits per heavy atom. The molecule has 0 radical (unpaired) electrons. The average Bonchev–Trinajstić information content (AvgIpc) is 3.28. The molecule has 9 heteroatoms. The first-order chi connectivity index (χ1) is 13.8. The lowest BCUT2D eigenvalue weighted by molar-refractivity contribution is 0.0855. The van der Waals surface area contributed by atoms with Crippen molar-refractivity contribution in [2.75, 3.05) is 12.3 Å². The van der Waals surface area contributed by atoms with Crippen LogP contribution in [0.25, 0.3) is 11.5 Å². The van der Waals surface area contributed by atoms with Gasteiger partial charge in [0.15, 0.2) is 10.9 Å². The lowest BCUT2D eigenvalue weighted by Crippen LogP contribution is -2.19. The summed E-state index contributed by atoms with van der Waals surface area (Å²) in [6.45, 7) is 4.56. The quantitative estimate of drug-likeness (QED) is 0.490. The van der Waals surface area contributed by atoms with Crippen LogP contribution in [0.15, 0.2) is 40.8 Å². The molecule has 0 bridgehead atoms. The van der Waals surface area contributed by atoms with Crippen LogP contribution in [0.1, 0.15) is 36.8 Å². The third kappa shape index (κ3) is 4.44. The Kier molecular flexibility index (Phi) is 5.87. The Morgan fingerprint density at radius 2 is 2.17 bits per heavy atom. The van der Waals surface area contributed by atoms with Crippen molar-refractivity contribution >= 4 is 41.2 Å². The Labute approximate surface area is 178 Å². The minimum absolute atomic E-state index is 0.168. The molecule has 3 aromatic rings. The molecule has 2 aromatic heterocycles. The summed E-state index contributed by atoms with van der Waals surface area (Å²) in [5.74, 6) is 0.959. The third-order valence-corrected chi connectivity index (χ3v) is 7.51. The molecular weight excluding hydrogens is 431 g/mol. The van der Waals surface area contributed by atoms with E-state index in [1.54, 1.807) is 18.2 Å². The highest BCUT2D eigenvalue weighted by atomic mass is 35.5. The summed E-state index contributed by atoms with van der Waals surface area (Å²) in [6.07, 6.45) is 1.04. The average molecular weight is 453 g/mol. The van der Waals surface area contributed by atoms with Crippen LogP contribution in [0.3, 0.4) is 0 Å². The van der Waals surface area contributed by atoms with Crippen molar-refractivity contribution in [3.8, 4) is 11.5 Å². The molecule has 1 aliphatic rings. The van der Waals surface area contributed by atoms with Gasteiger partial charge in [0.2, 0.25) is 5.50 Å². The number of furan rings is 1. The highest BCUT2D eigenvalue weighted by Crippen LogP contribution is 2.55. The van der Waals surface area contributed by atoms with Crippen LogP contribution in [-0.4, -0.2) is 11.6 Å². The zero-order chi connectivity index (χ0) is 20.6. The highest BCUT2D eigenvalue weighted by molar-refractivity contribution is 7.61. The normalized spacial score (nSPS) is 22.3. The Hall–Kier alpha value is -1.63. The predicted octanol–water partition coefficient (Wildman–Crippen LogP) is 5.83. The Balaban J connectivity index is 1.61. The van der Waals surface area contributed by atoms with Gasteiger partial charge in [0, 0.05) is 16.3 Å². The fourth-order valence-electron chi connectivity index (χ4n) is 3.25. The summed E-state index contributed by atoms with van der Waals surface area (Å²) in [7, 11) is -3.60. The molecule has 0 unspecified atom stereocenters. The summed E-state index contributed by atoms with van der Waals surface area (Å²) >= 11 is 7.53. The molecule has 0 spiro atoms. The monoisotopic (exact) mass is 452 g/mol. The van der Waals surface area contributed by atoms with E-state index in [2.05, 4.69) is 18.8 Å². The van der Waals surface area contributed by atoms with Crippen molar-refractivity contribution in [2.24, 2.45) is 5.92 Å². The standard InChI is InChI=1S/C20H22ClN2O4PS/c1-12(2)10-17-19(23-20(22)29-17)16-6-7-18(26-16)28(24)25-9-8-15(27-28)13-4-3-5-14(21)11-13/h3-7,11-12,15H,8-10H2,1-2H3,(H2,22,23)/t15-,28+/m1/s1. The molecule has 1 saturated heterocycles. The van der Waals surface area contributed by atoms with E-state index in [-0.39, 0.29) is 11.6 Å². The number of thiazole rings is 1. The molecule has 1 aromatic carbocycles. The summed E-state index contributed by atoms with van der Waals surface area (Å²) < 4.78 is 30.7. The molecule has 3 heterocycles. The number of benzene rings is 1. The number of halogens is 1. The van der Waals surface area contributed by atoms with Gasteiger partial charge < -0.3 is 14.7 Å². The number of nitrogen functional groups attached to an aromatic ring is 1. The van der Waals surface area contributed by atoms with Crippen LogP contribution >= 0.6 is 30.5 Å². The van der Waals surface area contributed by atoms with E-state index >= 15 is 0 Å². The molecule has 2 N–H and O–H groups in total. The number of nitrogens with two attached hydrogens (primary N) is 1. The SMILES string of the molecule is CC(C)Cc1sc(N)nc1-c1ccc([P@]2(=O)OCC[C@H](c3cccc(Cl)c3)O2)o1. The van der Waals surface area contributed by atoms with Gasteiger partial charge in [0.05, 0.1) is 12.7 Å². The second-order valence-electron chi connectivity index (χ2n) is 7.33. The highest BCUT2D eigenvalue weighted by Gasteiger charge is 2.39. The maximum Gasteiger partial charge on any atom is 0.396 e. The molecule has 0 amide bonds. The molecule has 0 saturated carbocycles. The summed E-state index contributed by atoms with van der Waals surface area (Å²) in [5.41, 5.74) is 7.62. The topological polar surface area (TPSA) is 87.6 Å². The van der Waals surface area contributed by atoms with Gasteiger partial charge in [-0.15, -0.1) is 11.3 Å². The molecule has 0 aliphatic carbocycles. The minimum Gasteiger partial charge on any atom is -0.446 e. The molecule has 4 rings (SSSR count). The first-order valence-electron chi connectivity index (χ1n) is 9.38. The number of aromatic nitrogens is 1. The molecule has 29 heavy (non-hydrogen) atoms. The number of hydrogen-bond donors (Lipinski definition) is 1. The van der Waals surface area contributed by atoms with Crippen molar-refractivity contribution in [1.29, 1.82) is 0 Å². The van der Waals surface area contributed by atoms with E-state index in [1.807, 2.05) is 18.2 Å². The van der Waals surface area contributed by atoms with E-state index < -0.39 is 7.60 Å². The van der Waals surface area contributed by atoms with Crippen molar-refractivity contribution in [3.05, 3.63) is 51.9 Å². The number of anilines is 1. The molecule has 1 aliphatic heterocycles. The fourth-order valence-corrected chi connectivity index (χ4v) is 6.17. The van der Waals surface area contributed by atoms with Gasteiger partial charge in [-0.05, 0) is 42.2 Å². The summed E-state index contributed by atoms with van der Waals surface area (Å²) in [4.78, 5) is 5.44. The maximum absolute atomic E-state index is 13.4. The van der Waals surface area contributed by atoms with Gasteiger partial charge in [-0.1, -0.05) is 37.6 Å². The van der Waals surface area contributed by atoms with Crippen LogP contribution < -0.4 is 11.2 Å². The first kappa shape index (κ1) is 20.6. The van der Waals surface area contributed by atoms with Crippen molar-refractivity contribution in [3.63, 3.8) is 0 Å². The van der Waals surface area contributed by atoms with Crippen molar-refractivity contribution in [1.82, 2.24) is 4.98 Å². The van der Waals surface area contributed by atoms with Crippen molar-refractivity contribution < 1.29 is 18.0 Å². The zero-order valence-electron chi connectivity index (χ0n) is 16.1. The second-order valence-corrected chi connectivity index (χ2v) is 10.8. The maximum atomic E-state index is 13.4. The number of rotatable bonds is 5. The van der Waals surface area contributed by atoms with Gasteiger partial charge >= 0.3 is 7.60 Å². The van der Waals surface area contributed by atoms with E-state index in [1.165, 1.54) is 11.3 Å². The lowest BCUT2D eigenvalue weighted by atomic mass is 10.1. The first-order valence-corrected chi connectivity index (χ1v) is 12.1. The number of nitrogens with zero attached hydrogens (tertiary/aromatic N) is 1. The van der Waals surface area contributed by atoms with Crippen LogP contribution in [0, 0.1) is 5.92 Å². The van der Waals surface area contributed by atoms with E-state index in [0.29, 0.717) is 40.6 Å². The van der Waals surface area contributed by atoms with Crippen LogP contribution in [0.2, 0.25) is 5.02 Å². The molecule has 154 valence electrons. The van der Waals surface area contributed by atoms with Crippen molar-refractivity contribution in [2.45, 2.75) is 32.8 Å². The molecule has 2 atom stereocenters. The van der Waals surface area contributed by atoms with Gasteiger partial charge in [-0.25, -0.2) is 4.98 Å².